The minimum atomic E-state index is 0. The summed E-state index contributed by atoms with van der Waals surface area (Å²) in [5.74, 6) is 5.67. The Morgan fingerprint density at radius 3 is 1.65 bits per heavy atom. The quantitative estimate of drug-likeness (QED) is 0.326. The van der Waals surface area contributed by atoms with E-state index in [1.807, 2.05) is 16.7 Å². The Hall–Kier alpha value is -0.617. The molecule has 0 nitrogen and oxygen atoms in total. The van der Waals surface area contributed by atoms with Gasteiger partial charge >= 0.3 is 26.2 Å². The zero-order valence-electron chi connectivity index (χ0n) is 31.6. The summed E-state index contributed by atoms with van der Waals surface area (Å²) in [4.78, 5) is 0. The van der Waals surface area contributed by atoms with E-state index in [0.29, 0.717) is 17.3 Å². The number of hydrogen-bond acceptors (Lipinski definition) is 0. The number of hydrogen-bond donors (Lipinski definition) is 0. The molecule has 0 radical (unpaired) electrons. The van der Waals surface area contributed by atoms with Crippen molar-refractivity contribution in [2.45, 2.75) is 143 Å². The van der Waals surface area contributed by atoms with E-state index in [1.54, 1.807) is 41.5 Å². The van der Waals surface area contributed by atoms with Crippen LogP contribution in [-0.4, -0.2) is 0 Å². The Morgan fingerprint density at radius 1 is 0.694 bits per heavy atom. The summed E-state index contributed by atoms with van der Waals surface area (Å²) in [7, 11) is 0. The van der Waals surface area contributed by atoms with Gasteiger partial charge < -0.3 is 24.8 Å². The summed E-state index contributed by atoms with van der Waals surface area (Å²) in [6.45, 7) is 19.6. The van der Waals surface area contributed by atoms with E-state index in [1.165, 1.54) is 62.5 Å². The number of allylic oxidation sites excluding steroid dienone is 4. The molecule has 8 aliphatic rings. The molecular weight excluding hydrogens is 715 g/mol. The van der Waals surface area contributed by atoms with Crippen molar-refractivity contribution in [3.8, 4) is 11.1 Å². The van der Waals surface area contributed by atoms with Gasteiger partial charge in [0.15, 0.2) is 0 Å². The molecule has 4 bridgehead atoms. The summed E-state index contributed by atoms with van der Waals surface area (Å²) in [6.07, 6.45) is 19.1. The monoisotopic (exact) mass is 772 g/mol. The molecule has 0 spiro atoms. The summed E-state index contributed by atoms with van der Waals surface area (Å²) in [5.41, 5.74) is 16.0. The minimum absolute atomic E-state index is 0. The molecule has 2 aromatic carbocycles. The van der Waals surface area contributed by atoms with Crippen molar-refractivity contribution >= 4 is 0 Å². The van der Waals surface area contributed by atoms with Crippen molar-refractivity contribution in [2.75, 3.05) is 0 Å². The van der Waals surface area contributed by atoms with E-state index in [2.05, 4.69) is 97.9 Å². The van der Waals surface area contributed by atoms with Gasteiger partial charge in [0.1, 0.15) is 0 Å². The van der Waals surface area contributed by atoms with E-state index < -0.39 is 0 Å². The second kappa shape index (κ2) is 12.8. The average molecular weight is 775 g/mol. The van der Waals surface area contributed by atoms with Crippen LogP contribution >= 0.6 is 0 Å². The minimum Gasteiger partial charge on any atom is -1.00 e. The maximum absolute atomic E-state index is 2.95. The predicted octanol–water partition coefficient (Wildman–Crippen LogP) is 6.70. The first-order valence-electron chi connectivity index (χ1n) is 19.5. The number of halogens is 2. The van der Waals surface area contributed by atoms with E-state index >= 15 is 0 Å². The van der Waals surface area contributed by atoms with Crippen LogP contribution in [0.3, 0.4) is 0 Å². The van der Waals surface area contributed by atoms with Crippen LogP contribution < -0.4 is 24.8 Å². The molecule has 8 aliphatic carbocycles. The van der Waals surface area contributed by atoms with Gasteiger partial charge in [-0.25, -0.2) is 0 Å². The van der Waals surface area contributed by atoms with Crippen LogP contribution in [0, 0.1) is 46.3 Å². The second-order valence-electron chi connectivity index (χ2n) is 20.1. The Labute approximate surface area is 330 Å². The fourth-order valence-corrected chi connectivity index (χ4v) is 13.7. The van der Waals surface area contributed by atoms with Crippen LogP contribution in [-0.2, 0) is 37.0 Å². The van der Waals surface area contributed by atoms with E-state index in [-0.39, 0.29) is 67.3 Å². The summed E-state index contributed by atoms with van der Waals surface area (Å²) in [5, 5.41) is 0. The molecule has 5 saturated carbocycles. The third kappa shape index (κ3) is 5.49. The molecule has 0 N–H and O–H groups in total. The first-order valence-corrected chi connectivity index (χ1v) is 19.5. The van der Waals surface area contributed by atoms with Gasteiger partial charge in [-0.1, -0.05) is 122 Å². The van der Waals surface area contributed by atoms with Crippen molar-refractivity contribution in [3.05, 3.63) is 81.4 Å². The fourth-order valence-electron chi connectivity index (χ4n) is 13.7. The van der Waals surface area contributed by atoms with Gasteiger partial charge in [-0.15, -0.1) is 0 Å². The maximum atomic E-state index is 2.95. The molecular formula is C46H60Cl2Zr. The molecule has 5 fully saturated rings. The normalized spacial score (nSPS) is 34.1. The zero-order valence-corrected chi connectivity index (χ0v) is 35.6. The van der Waals surface area contributed by atoms with Gasteiger partial charge in [-0.05, 0) is 148 Å². The van der Waals surface area contributed by atoms with E-state index in [9.17, 15) is 0 Å². The smallest absolute Gasteiger partial charge is 1.00 e. The van der Waals surface area contributed by atoms with Gasteiger partial charge in [0.2, 0.25) is 0 Å². The predicted molar refractivity (Wildman–Crippen MR) is 194 cm³/mol. The standard InChI is InChI=1S/C46H60.2ClH.Zr/c1-27(2)46(42-35-15-13-31(43(3,4)5)20-37(35)38-21-32(44(6,7)8)14-16-36(38)42)40-12-10-9-11-34(40)39-22-33(23-41(39)46)45-24-28-17-29(25-45)19-30(18-28)26-45;;;/h13-16,20-21,23,27-30,34,40,42H,9-12,17-19,22,24-26H2,1-8H3;2*1H;/q;;;+2/p-2. The average Bonchev–Trinajstić information content (AvgIpc) is 3.64. The van der Waals surface area contributed by atoms with Gasteiger partial charge in [-0.2, -0.15) is 0 Å². The van der Waals surface area contributed by atoms with Gasteiger partial charge in [0, 0.05) is 11.3 Å². The third-order valence-electron chi connectivity index (χ3n) is 15.2. The summed E-state index contributed by atoms with van der Waals surface area (Å²) >= 11 is 0. The van der Waals surface area contributed by atoms with Crippen molar-refractivity contribution in [1.29, 1.82) is 0 Å². The van der Waals surface area contributed by atoms with Crippen LogP contribution in [0.15, 0.2) is 59.2 Å². The van der Waals surface area contributed by atoms with Crippen LogP contribution in [0.5, 0.6) is 0 Å². The molecule has 0 aromatic heterocycles. The van der Waals surface area contributed by atoms with Gasteiger partial charge in [0.05, 0.1) is 0 Å². The Morgan fingerprint density at radius 2 is 1.18 bits per heavy atom. The molecule has 3 heteroatoms. The Bertz CT molecular complexity index is 1580. The van der Waals surface area contributed by atoms with Crippen LogP contribution in [0.1, 0.15) is 154 Å². The molecule has 49 heavy (non-hydrogen) atoms. The first kappa shape index (κ1) is 38.1. The molecule has 0 saturated heterocycles. The molecule has 0 aliphatic heterocycles. The molecule has 262 valence electrons. The van der Waals surface area contributed by atoms with Crippen molar-refractivity contribution in [1.82, 2.24) is 0 Å². The van der Waals surface area contributed by atoms with Crippen molar-refractivity contribution in [3.63, 3.8) is 0 Å². The van der Waals surface area contributed by atoms with E-state index in [4.69, 9.17) is 0 Å². The molecule has 0 amide bonds. The maximum Gasteiger partial charge on any atom is 2.00 e. The third-order valence-corrected chi connectivity index (χ3v) is 15.2. The topological polar surface area (TPSA) is 0 Å². The SMILES string of the molecule is CC(C)C1(C2c3ccc(C(C)(C)C)cc3-c3cc(C(C)(C)C)ccc32)C2=C(CC(C34CC5CC(CC(C5)C3)C4)=C2)C2CCCCC21.[Cl-].[Cl-].[Zr+2]. The fraction of sp³-hybridized carbons (Fsp3) is 0.652. The molecule has 0 heterocycles. The van der Waals surface area contributed by atoms with Crippen LogP contribution in [0.2, 0.25) is 0 Å². The van der Waals surface area contributed by atoms with Crippen LogP contribution in [0.4, 0.5) is 0 Å². The molecule has 3 atom stereocenters. The van der Waals surface area contributed by atoms with Crippen molar-refractivity contribution < 1.29 is 51.0 Å². The zero-order chi connectivity index (χ0) is 32.0. The molecule has 3 unspecified atom stereocenters. The summed E-state index contributed by atoms with van der Waals surface area (Å²) < 4.78 is 0. The van der Waals surface area contributed by atoms with Gasteiger partial charge in [-0.3, -0.25) is 0 Å². The van der Waals surface area contributed by atoms with Crippen molar-refractivity contribution in [2.24, 2.45) is 46.3 Å². The Kier molecular flexibility index (Phi) is 9.93. The molecule has 2 aromatic rings. The van der Waals surface area contributed by atoms with Gasteiger partial charge in [0.25, 0.3) is 0 Å². The van der Waals surface area contributed by atoms with E-state index in [0.717, 1.165) is 29.6 Å². The Balaban J connectivity index is 0.00000139. The summed E-state index contributed by atoms with van der Waals surface area (Å²) in [6, 6.07) is 15.5. The second-order valence-corrected chi connectivity index (χ2v) is 20.1. The largest absolute Gasteiger partial charge is 2.00 e. The number of rotatable bonds is 3. The van der Waals surface area contributed by atoms with Crippen LogP contribution in [0.25, 0.3) is 11.1 Å². The number of fused-ring (bicyclic) bond motifs is 5. The number of benzene rings is 2. The first-order chi connectivity index (χ1) is 21.8. The molecule has 10 rings (SSSR count).